The van der Waals surface area contributed by atoms with Crippen molar-refractivity contribution in [2.24, 2.45) is 0 Å². The van der Waals surface area contributed by atoms with Gasteiger partial charge in [0, 0.05) is 19.6 Å². The maximum atomic E-state index is 12.6. The van der Waals surface area contributed by atoms with E-state index in [1.54, 1.807) is 6.92 Å². The van der Waals surface area contributed by atoms with E-state index < -0.39 is 45.9 Å². The monoisotopic (exact) mass is 465 g/mol. The Bertz CT molecular complexity index is 917. The normalized spacial score (nSPS) is 15.9. The maximum Gasteiger partial charge on any atom is 0.476 e. The first-order valence-corrected chi connectivity index (χ1v) is 10.3. The van der Waals surface area contributed by atoms with E-state index in [0.717, 1.165) is 6.07 Å². The minimum Gasteiger partial charge on any atom is -0.870 e. The van der Waals surface area contributed by atoms with Crippen molar-refractivity contribution in [2.45, 2.75) is 20.0 Å². The lowest BCUT2D eigenvalue weighted by atomic mass is 10.2. The van der Waals surface area contributed by atoms with Gasteiger partial charge in [0.15, 0.2) is 5.69 Å². The summed E-state index contributed by atoms with van der Waals surface area (Å²) >= 11 is 0. The molecular weight excluding hydrogens is 442 g/mol. The van der Waals surface area contributed by atoms with Crippen molar-refractivity contribution in [3.05, 3.63) is 17.6 Å². The zero-order valence-corrected chi connectivity index (χ0v) is 17.5. The topological polar surface area (TPSA) is 216 Å². The molecule has 16 heteroatoms. The number of ketones is 1. The van der Waals surface area contributed by atoms with Crippen LogP contribution in [-0.2, 0) is 24.7 Å². The molecule has 0 saturated carbocycles. The van der Waals surface area contributed by atoms with Crippen molar-refractivity contribution >= 4 is 34.0 Å². The molecule has 1 aromatic rings. The number of nitrogens with zero attached hydrogens (tertiary/aromatic N) is 2. The number of rotatable bonds is 8. The quantitative estimate of drug-likeness (QED) is 0.141. The van der Waals surface area contributed by atoms with Gasteiger partial charge >= 0.3 is 28.1 Å². The number of likely N-dealkylation sites (N-methyl/N-ethyl adjacent to an activating group) is 1. The van der Waals surface area contributed by atoms with Crippen LogP contribution in [0.5, 0.6) is 0 Å². The summed E-state index contributed by atoms with van der Waals surface area (Å²) in [4.78, 5) is 40.5. The smallest absolute Gasteiger partial charge is 0.476 e. The number of Topliss-reactive ketones (excluding diaryl/α,β-unsaturated/α-hetero) is 1. The van der Waals surface area contributed by atoms with Crippen LogP contribution in [0.25, 0.3) is 0 Å². The molecule has 31 heavy (non-hydrogen) atoms. The summed E-state index contributed by atoms with van der Waals surface area (Å²) in [6.45, 7) is 4.38. The van der Waals surface area contributed by atoms with Gasteiger partial charge in [0.2, 0.25) is 0 Å². The second-order valence-electron chi connectivity index (χ2n) is 5.78. The summed E-state index contributed by atoms with van der Waals surface area (Å²) in [6, 6.07) is 1.16. The summed E-state index contributed by atoms with van der Waals surface area (Å²) < 4.78 is 46.6. The fourth-order valence-electron chi connectivity index (χ4n) is 2.45. The molecule has 1 unspecified atom stereocenters. The lowest BCUT2D eigenvalue weighted by Gasteiger charge is -2.22. The highest BCUT2D eigenvalue weighted by molar-refractivity contribution is 7.80. The van der Waals surface area contributed by atoms with Crippen LogP contribution in [0, 0.1) is 0 Å². The molecule has 0 radical (unpaired) electrons. The third-order valence-corrected chi connectivity index (χ3v) is 3.95. The Morgan fingerprint density at radius 2 is 2.10 bits per heavy atom. The highest BCUT2D eigenvalue weighted by atomic mass is 32.3. The fraction of sp³-hybridized carbons (Fsp3) is 0.533. The predicted octanol–water partition coefficient (Wildman–Crippen LogP) is -2.03. The number of amides is 2. The van der Waals surface area contributed by atoms with Crippen LogP contribution in [0.2, 0.25) is 0 Å². The molecule has 15 nitrogen and oxygen atoms in total. The summed E-state index contributed by atoms with van der Waals surface area (Å²) in [7, 11) is -5.18. The highest BCUT2D eigenvalue weighted by Crippen LogP contribution is 2.19. The molecule has 1 atom stereocenters. The van der Waals surface area contributed by atoms with Gasteiger partial charge in [-0.25, -0.2) is 14.4 Å². The van der Waals surface area contributed by atoms with Gasteiger partial charge < -0.3 is 25.6 Å². The molecule has 1 aliphatic rings. The standard InChI is InChI=1S/C15H21N5O9S.H2O/c1-3-17-14(22)12(21)13-18-9(10-8-16-5-6-28-10)7-11(19-15(23)27-4-2)20(13)29-30(24,25)26;/h7,10,16H,3-6,8H2,1-2H3,(H2,17,22,24,25,26);1H2. The number of hydrogen-bond donors (Lipinski definition) is 4. The summed E-state index contributed by atoms with van der Waals surface area (Å²) in [5.74, 6) is -3.66. The Hall–Kier alpha value is -2.92. The molecule has 2 amide bonds. The second kappa shape index (κ2) is 11.5. The van der Waals surface area contributed by atoms with Crippen LogP contribution in [0.4, 0.5) is 10.6 Å². The van der Waals surface area contributed by atoms with Crippen molar-refractivity contribution < 1.29 is 51.3 Å². The first-order valence-electron chi connectivity index (χ1n) is 8.89. The molecule has 1 aliphatic heterocycles. The van der Waals surface area contributed by atoms with Gasteiger partial charge in [0.1, 0.15) is 6.10 Å². The largest absolute Gasteiger partial charge is 0.870 e. The van der Waals surface area contributed by atoms with E-state index in [0.29, 0.717) is 19.7 Å². The maximum absolute atomic E-state index is 12.6. The van der Waals surface area contributed by atoms with Crippen LogP contribution in [0.3, 0.4) is 0 Å². The average Bonchev–Trinajstić information content (AvgIpc) is 2.68. The molecule has 2 heterocycles. The first kappa shape index (κ1) is 26.1. The van der Waals surface area contributed by atoms with E-state index in [9.17, 15) is 22.8 Å². The Balaban J connectivity index is 0.00000480. The van der Waals surface area contributed by atoms with Gasteiger partial charge in [-0.3, -0.25) is 14.1 Å². The van der Waals surface area contributed by atoms with Gasteiger partial charge in [-0.2, -0.15) is 8.42 Å². The van der Waals surface area contributed by atoms with E-state index in [4.69, 9.17) is 14.0 Å². The molecule has 0 aromatic carbocycles. The van der Waals surface area contributed by atoms with Gasteiger partial charge in [-0.15, -0.1) is 0 Å². The van der Waals surface area contributed by atoms with E-state index in [-0.39, 0.29) is 29.1 Å². The minimum atomic E-state index is -5.18. The molecule has 0 spiro atoms. The molecule has 0 bridgehead atoms. The van der Waals surface area contributed by atoms with Crippen molar-refractivity contribution in [1.29, 1.82) is 0 Å². The highest BCUT2D eigenvalue weighted by Gasteiger charge is 2.36. The lowest BCUT2D eigenvalue weighted by Crippen LogP contribution is -2.55. The Morgan fingerprint density at radius 1 is 1.39 bits per heavy atom. The van der Waals surface area contributed by atoms with Gasteiger partial charge in [-0.1, -0.05) is 4.98 Å². The van der Waals surface area contributed by atoms with E-state index in [2.05, 4.69) is 25.2 Å². The number of hydrogen-bond acceptors (Lipinski definition) is 11. The van der Waals surface area contributed by atoms with Crippen molar-refractivity contribution in [2.75, 3.05) is 38.2 Å². The number of aromatic nitrogens is 2. The van der Waals surface area contributed by atoms with Crippen LogP contribution in [-0.4, -0.2) is 74.1 Å². The molecule has 0 aliphatic carbocycles. The molecule has 2 rings (SSSR count). The van der Waals surface area contributed by atoms with Crippen molar-refractivity contribution in [1.82, 2.24) is 15.6 Å². The SMILES string of the molecule is CCNC(=O)C(=O)c1nc(C2CNCCO2)cc(NC(=O)OCC)[n+]1OS(=O)(=O)O.[OH-]. The number of carbonyl (C=O) groups is 3. The van der Waals surface area contributed by atoms with Crippen LogP contribution in [0.15, 0.2) is 6.07 Å². The third-order valence-electron chi connectivity index (χ3n) is 3.61. The first-order chi connectivity index (χ1) is 14.2. The summed E-state index contributed by atoms with van der Waals surface area (Å²) in [5, 5.41) is 7.47. The third kappa shape index (κ3) is 7.37. The average molecular weight is 465 g/mol. The molecular formula is C15H23N5O10S. The van der Waals surface area contributed by atoms with Crippen LogP contribution >= 0.6 is 0 Å². The molecule has 174 valence electrons. The van der Waals surface area contributed by atoms with Crippen molar-refractivity contribution in [3.63, 3.8) is 0 Å². The number of ether oxygens (including phenoxy) is 2. The van der Waals surface area contributed by atoms with Gasteiger partial charge in [0.25, 0.3) is 11.7 Å². The van der Waals surface area contributed by atoms with Gasteiger partial charge in [0.05, 0.1) is 19.3 Å². The van der Waals surface area contributed by atoms with E-state index in [1.807, 2.05) is 0 Å². The summed E-state index contributed by atoms with van der Waals surface area (Å²) in [6.07, 6.45) is -1.69. The van der Waals surface area contributed by atoms with Crippen LogP contribution < -0.4 is 25.0 Å². The number of anilines is 1. The van der Waals surface area contributed by atoms with E-state index >= 15 is 0 Å². The number of nitrogens with one attached hydrogen (secondary N) is 3. The minimum absolute atomic E-state index is 0. The molecule has 5 N–H and O–H groups in total. The second-order valence-corrected chi connectivity index (χ2v) is 6.79. The predicted molar refractivity (Wildman–Crippen MR) is 99.7 cm³/mol. The van der Waals surface area contributed by atoms with E-state index in [1.165, 1.54) is 6.92 Å². The number of morpholine rings is 1. The van der Waals surface area contributed by atoms with Crippen LogP contribution in [0.1, 0.15) is 36.3 Å². The molecule has 1 fully saturated rings. The molecule has 1 aromatic heterocycles. The lowest BCUT2D eigenvalue weighted by molar-refractivity contribution is -0.848. The molecule has 1 saturated heterocycles. The van der Waals surface area contributed by atoms with Crippen molar-refractivity contribution in [3.8, 4) is 0 Å². The number of carbonyl (C=O) groups excluding carboxylic acids is 3. The van der Waals surface area contributed by atoms with Gasteiger partial charge in [-0.05, 0) is 18.6 Å². The Kier molecular flexibility index (Phi) is 9.66. The fourth-order valence-corrected chi connectivity index (χ4v) is 2.79. The Morgan fingerprint density at radius 3 is 2.65 bits per heavy atom. The Labute approximate surface area is 177 Å². The zero-order valence-electron chi connectivity index (χ0n) is 16.7. The zero-order chi connectivity index (χ0) is 22.3. The summed E-state index contributed by atoms with van der Waals surface area (Å²) in [5.41, 5.74) is 0.0943.